The number of hydrogen-bond acceptors (Lipinski definition) is 4. The summed E-state index contributed by atoms with van der Waals surface area (Å²) >= 11 is 1.76. The van der Waals surface area contributed by atoms with Gasteiger partial charge in [0.1, 0.15) is 0 Å². The normalized spacial score (nSPS) is 19.3. The second-order valence-corrected chi connectivity index (χ2v) is 12.8. The molecule has 1 unspecified atom stereocenters. The Kier molecular flexibility index (Phi) is 4.78. The third-order valence-electron chi connectivity index (χ3n) is 4.28. The van der Waals surface area contributed by atoms with Crippen LogP contribution in [0.25, 0.3) is 5.57 Å². The van der Waals surface area contributed by atoms with E-state index in [1.54, 1.807) is 11.3 Å². The van der Waals surface area contributed by atoms with E-state index < -0.39 is 8.32 Å². The first-order valence-electron chi connectivity index (χ1n) is 7.31. The van der Waals surface area contributed by atoms with E-state index in [9.17, 15) is 0 Å². The van der Waals surface area contributed by atoms with Gasteiger partial charge in [-0.15, -0.1) is 11.3 Å². The van der Waals surface area contributed by atoms with E-state index in [-0.39, 0.29) is 11.2 Å². The Balaban J connectivity index is 2.00. The molecule has 0 saturated carbocycles. The topological polar surface area (TPSA) is 47.3 Å². The number of rotatable bonds is 4. The van der Waals surface area contributed by atoms with Gasteiger partial charge in [0.25, 0.3) is 0 Å². The van der Waals surface area contributed by atoms with Crippen molar-refractivity contribution in [2.45, 2.75) is 51.7 Å². The first kappa shape index (κ1) is 16.5. The van der Waals surface area contributed by atoms with Gasteiger partial charge < -0.3 is 15.5 Å². The minimum Gasteiger partial charge on any atom is -0.412 e. The SMILES string of the molecule is CC(C)(C)[Si](C)(C)OCc1cc(C2=CNC(N)C=C2)cs1. The van der Waals surface area contributed by atoms with Crippen LogP contribution < -0.4 is 11.1 Å². The molecule has 1 aromatic heterocycles. The van der Waals surface area contributed by atoms with Crippen molar-refractivity contribution in [1.82, 2.24) is 5.32 Å². The van der Waals surface area contributed by atoms with Crippen LogP contribution in [0.5, 0.6) is 0 Å². The Bertz CT molecular complexity index is 555. The second-order valence-electron chi connectivity index (χ2n) is 7.00. The molecule has 0 bridgehead atoms. The minimum atomic E-state index is -1.68. The number of allylic oxidation sites excluding steroid dienone is 2. The zero-order chi connectivity index (χ0) is 15.7. The molecular formula is C16H26N2OSSi. The molecule has 2 heterocycles. The highest BCUT2D eigenvalue weighted by Gasteiger charge is 2.37. The van der Waals surface area contributed by atoms with Gasteiger partial charge in [0.05, 0.1) is 12.8 Å². The molecule has 1 aliphatic heterocycles. The number of hydrogen-bond donors (Lipinski definition) is 2. The van der Waals surface area contributed by atoms with Crippen LogP contribution in [0.15, 0.2) is 29.8 Å². The Morgan fingerprint density at radius 2 is 2.10 bits per heavy atom. The number of thiophene rings is 1. The molecule has 0 aliphatic carbocycles. The fourth-order valence-electron chi connectivity index (χ4n) is 1.75. The Hall–Kier alpha value is -0.883. The summed E-state index contributed by atoms with van der Waals surface area (Å²) in [5.41, 5.74) is 8.16. The highest BCUT2D eigenvalue weighted by Crippen LogP contribution is 2.37. The molecule has 2 rings (SSSR count). The van der Waals surface area contributed by atoms with E-state index >= 15 is 0 Å². The zero-order valence-corrected chi connectivity index (χ0v) is 15.4. The second kappa shape index (κ2) is 6.08. The number of nitrogens with two attached hydrogens (primary N) is 1. The summed E-state index contributed by atoms with van der Waals surface area (Å²) in [6.07, 6.45) is 5.94. The maximum Gasteiger partial charge on any atom is 0.192 e. The van der Waals surface area contributed by atoms with Crippen LogP contribution in [0.3, 0.4) is 0 Å². The van der Waals surface area contributed by atoms with E-state index in [0.29, 0.717) is 6.61 Å². The molecule has 0 radical (unpaired) electrons. The van der Waals surface area contributed by atoms with Crippen molar-refractivity contribution in [1.29, 1.82) is 0 Å². The van der Waals surface area contributed by atoms with Crippen molar-refractivity contribution in [2.24, 2.45) is 5.73 Å². The van der Waals surface area contributed by atoms with Crippen LogP contribution in [0.2, 0.25) is 18.1 Å². The van der Waals surface area contributed by atoms with Crippen LogP contribution in [0, 0.1) is 0 Å². The molecule has 1 atom stereocenters. The smallest absolute Gasteiger partial charge is 0.192 e. The minimum absolute atomic E-state index is 0.0752. The molecule has 0 amide bonds. The van der Waals surface area contributed by atoms with Gasteiger partial charge in [-0.05, 0) is 46.8 Å². The first-order valence-corrected chi connectivity index (χ1v) is 11.1. The Morgan fingerprint density at radius 1 is 1.38 bits per heavy atom. The average molecular weight is 323 g/mol. The summed E-state index contributed by atoms with van der Waals surface area (Å²) in [6.45, 7) is 12.1. The monoisotopic (exact) mass is 322 g/mol. The molecule has 21 heavy (non-hydrogen) atoms. The Labute approximate surface area is 133 Å². The van der Waals surface area contributed by atoms with Crippen LogP contribution in [0.4, 0.5) is 0 Å². The molecule has 1 aromatic rings. The molecule has 5 heteroatoms. The summed E-state index contributed by atoms with van der Waals surface area (Å²) < 4.78 is 6.27. The van der Waals surface area contributed by atoms with Gasteiger partial charge in [-0.3, -0.25) is 0 Å². The van der Waals surface area contributed by atoms with Crippen molar-refractivity contribution in [3.8, 4) is 0 Å². The lowest BCUT2D eigenvalue weighted by molar-refractivity contribution is 0.279. The molecule has 0 fully saturated rings. The molecule has 0 aromatic carbocycles. The maximum atomic E-state index is 6.27. The van der Waals surface area contributed by atoms with Crippen molar-refractivity contribution in [2.75, 3.05) is 0 Å². The highest BCUT2D eigenvalue weighted by atomic mass is 32.1. The summed E-state index contributed by atoms with van der Waals surface area (Å²) in [7, 11) is -1.68. The lowest BCUT2D eigenvalue weighted by Gasteiger charge is -2.36. The molecule has 3 nitrogen and oxygen atoms in total. The number of nitrogens with one attached hydrogen (secondary N) is 1. The molecule has 0 spiro atoms. The van der Waals surface area contributed by atoms with Crippen molar-refractivity contribution in [3.05, 3.63) is 40.2 Å². The summed E-state index contributed by atoms with van der Waals surface area (Å²) in [5.74, 6) is 0. The van der Waals surface area contributed by atoms with E-state index in [0.717, 1.165) is 0 Å². The predicted octanol–water partition coefficient (Wildman–Crippen LogP) is 4.06. The fourth-order valence-corrected chi connectivity index (χ4v) is 3.61. The lowest BCUT2D eigenvalue weighted by Crippen LogP contribution is -2.40. The van der Waals surface area contributed by atoms with Crippen molar-refractivity contribution in [3.63, 3.8) is 0 Å². The molecule has 1 aliphatic rings. The van der Waals surface area contributed by atoms with Gasteiger partial charge in [0.2, 0.25) is 0 Å². The maximum absolute atomic E-state index is 6.27. The highest BCUT2D eigenvalue weighted by molar-refractivity contribution is 7.10. The summed E-state index contributed by atoms with van der Waals surface area (Å²) in [5, 5.41) is 5.56. The van der Waals surface area contributed by atoms with Crippen molar-refractivity contribution >= 4 is 25.2 Å². The van der Waals surface area contributed by atoms with E-state index in [4.69, 9.17) is 10.2 Å². The molecule has 0 saturated heterocycles. The quantitative estimate of drug-likeness (QED) is 0.822. The number of dihydropyridines is 1. The third-order valence-corrected chi connectivity index (χ3v) is 9.67. The summed E-state index contributed by atoms with van der Waals surface area (Å²) in [4.78, 5) is 1.28. The van der Waals surface area contributed by atoms with Gasteiger partial charge in [0.15, 0.2) is 8.32 Å². The Morgan fingerprint density at radius 3 is 2.67 bits per heavy atom. The fraction of sp³-hybridized carbons (Fsp3) is 0.500. The van der Waals surface area contributed by atoms with Gasteiger partial charge in [-0.25, -0.2) is 0 Å². The van der Waals surface area contributed by atoms with Gasteiger partial charge in [-0.2, -0.15) is 0 Å². The first-order chi connectivity index (χ1) is 9.69. The lowest BCUT2D eigenvalue weighted by atomic mass is 10.1. The average Bonchev–Trinajstić information content (AvgIpc) is 2.85. The van der Waals surface area contributed by atoms with Crippen LogP contribution in [-0.4, -0.2) is 14.5 Å². The van der Waals surface area contributed by atoms with Gasteiger partial charge in [0, 0.05) is 11.1 Å². The molecular weight excluding hydrogens is 296 g/mol. The van der Waals surface area contributed by atoms with E-state index in [1.807, 2.05) is 12.3 Å². The summed E-state index contributed by atoms with van der Waals surface area (Å²) in [6, 6.07) is 2.21. The zero-order valence-electron chi connectivity index (χ0n) is 13.6. The van der Waals surface area contributed by atoms with Crippen LogP contribution in [-0.2, 0) is 11.0 Å². The molecule has 116 valence electrons. The van der Waals surface area contributed by atoms with Crippen LogP contribution >= 0.6 is 11.3 Å². The van der Waals surface area contributed by atoms with E-state index in [2.05, 4.69) is 56.7 Å². The largest absolute Gasteiger partial charge is 0.412 e. The molecule has 3 N–H and O–H groups in total. The van der Waals surface area contributed by atoms with Gasteiger partial charge >= 0.3 is 0 Å². The predicted molar refractivity (Wildman–Crippen MR) is 94.5 cm³/mol. The van der Waals surface area contributed by atoms with E-state index in [1.165, 1.54) is 16.0 Å². The van der Waals surface area contributed by atoms with Gasteiger partial charge in [-0.1, -0.05) is 26.8 Å². The standard InChI is InChI=1S/C16H26N2OSSi/c1-16(2,3)21(4,5)19-10-14-8-13(11-20-14)12-6-7-15(17)18-9-12/h6-9,11,15,18H,10,17H2,1-5H3. The third kappa shape index (κ3) is 4.07. The van der Waals surface area contributed by atoms with Crippen LogP contribution in [0.1, 0.15) is 31.2 Å². The van der Waals surface area contributed by atoms with Crippen molar-refractivity contribution < 1.29 is 4.43 Å².